The van der Waals surface area contributed by atoms with Crippen molar-refractivity contribution >= 4 is 129 Å². The number of aliphatic carboxylic acids is 2. The first-order valence-electron chi connectivity index (χ1n) is 39.0. The van der Waals surface area contributed by atoms with E-state index in [0.29, 0.717) is 17.2 Å². The average molecular weight is 1730 g/mol. The van der Waals surface area contributed by atoms with Crippen LogP contribution in [0.3, 0.4) is 0 Å². The molecule has 3 aromatic carbocycles. The van der Waals surface area contributed by atoms with E-state index in [0.717, 1.165) is 35.6 Å². The lowest BCUT2D eigenvalue weighted by atomic mass is 10.0. The van der Waals surface area contributed by atoms with Gasteiger partial charge in [-0.3, -0.25) is 104 Å². The molecule has 0 unspecified atom stereocenters. The average Bonchev–Trinajstić information content (AvgIpc) is 1.10. The van der Waals surface area contributed by atoms with Gasteiger partial charge in [0.1, 0.15) is 77.4 Å². The number of guanidine groups is 3. The predicted molar refractivity (Wildman–Crippen MR) is 438 cm³/mol. The number of anilines is 1. The Bertz CT molecular complexity index is 4540. The molecule has 670 valence electrons. The van der Waals surface area contributed by atoms with Crippen molar-refractivity contribution in [2.45, 2.75) is 190 Å². The molecule has 2 heterocycles. The number of rotatable bonds is 55. The number of ether oxygens (including phenoxy) is 2. The third-order valence-corrected chi connectivity index (χ3v) is 19.0. The smallest absolute Gasteiger partial charge is 0.336 e. The molecular weight excluding hydrogens is 1620 g/mol. The molecule has 0 radical (unpaired) electrons. The van der Waals surface area contributed by atoms with Gasteiger partial charge in [0.25, 0.3) is 11.4 Å². The van der Waals surface area contributed by atoms with Crippen LogP contribution < -0.4 is 108 Å². The normalized spacial score (nSPS) is 14.3. The molecule has 1 aliphatic rings. The predicted octanol–water partition coefficient (Wildman–Crippen LogP) is -3.70. The van der Waals surface area contributed by atoms with Gasteiger partial charge in [-0.05, 0) is 126 Å². The van der Waals surface area contributed by atoms with Crippen molar-refractivity contribution in [3.05, 3.63) is 115 Å². The molecule has 28 N–H and O–H groups in total. The van der Waals surface area contributed by atoms with E-state index in [9.17, 15) is 97.6 Å². The zero-order valence-corrected chi connectivity index (χ0v) is 67.5. The minimum Gasteiger partial charge on any atom is -0.497 e. The van der Waals surface area contributed by atoms with Crippen molar-refractivity contribution in [3.63, 3.8) is 0 Å². The van der Waals surface area contributed by atoms with Gasteiger partial charge in [-0.2, -0.15) is 0 Å². The Kier molecular flexibility index (Phi) is 40.7. The summed E-state index contributed by atoms with van der Waals surface area (Å²) in [5, 5.41) is 98.9. The molecule has 0 bridgehead atoms. The molecule has 5 rings (SSSR count). The molecule has 10 atom stereocenters. The molecular formula is C75H106N24O24. The van der Waals surface area contributed by atoms with Gasteiger partial charge < -0.3 is 127 Å². The number of nitrogens with one attached hydrogen (secondary N) is 16. The lowest BCUT2D eigenvalue weighted by Crippen LogP contribution is -2.61. The highest BCUT2D eigenvalue weighted by molar-refractivity contribution is 6.00. The molecule has 48 nitrogen and oxygen atoms in total. The van der Waals surface area contributed by atoms with E-state index in [2.05, 4.69) is 69.1 Å². The van der Waals surface area contributed by atoms with Gasteiger partial charge in [0.2, 0.25) is 70.9 Å². The minimum atomic E-state index is -2.02. The molecule has 48 heteroatoms. The SMILES string of the molecule is COc1ccc2c(CC(=O)N[C@H](CCCNC(=N)N)C(=O)N3CCC[C@H]3C(=O)N[C@@H](CCC(N)=O)C(=O)N[C@@H](CCC(=O)O)C(=O)N[C@@H](CCCCOCc3ccccc3)C(=O)N[C@@H](CNc3ccc([N+](=O)[O-])cc3[N+](=O)[O-])C(=O)N[C@@H](C)C(=O)N[C@H](CCCNC(=N)N)C(=O)N[C@H](CCC(=O)O)C(=O)N[C@H](CCCNC(=N)N)C(N)=O)cc(=O)oc2c1. The Labute approximate surface area is 702 Å². The zero-order chi connectivity index (χ0) is 91.0. The highest BCUT2D eigenvalue weighted by Crippen LogP contribution is 2.30. The third kappa shape index (κ3) is 34.8. The molecule has 0 spiro atoms. The van der Waals surface area contributed by atoms with Crippen LogP contribution in [0.2, 0.25) is 0 Å². The maximum Gasteiger partial charge on any atom is 0.336 e. The summed E-state index contributed by atoms with van der Waals surface area (Å²) in [7, 11) is 1.40. The fraction of sp³-hybridized carbons (Fsp3) is 0.493. The van der Waals surface area contributed by atoms with Gasteiger partial charge in [-0.15, -0.1) is 0 Å². The lowest BCUT2D eigenvalue weighted by Gasteiger charge is -2.30. The minimum absolute atomic E-state index is 0.00781. The second kappa shape index (κ2) is 50.5. The highest BCUT2D eigenvalue weighted by atomic mass is 16.6. The maximum absolute atomic E-state index is 15.1. The number of nitro groups is 2. The number of nitrogens with two attached hydrogens (primary N) is 5. The van der Waals surface area contributed by atoms with E-state index in [-0.39, 0.29) is 121 Å². The first kappa shape index (κ1) is 99.2. The van der Waals surface area contributed by atoms with Crippen molar-refractivity contribution in [3.8, 4) is 5.75 Å². The number of carboxylic acids is 2. The van der Waals surface area contributed by atoms with Crippen molar-refractivity contribution in [2.24, 2.45) is 28.7 Å². The van der Waals surface area contributed by atoms with Crippen LogP contribution in [0.25, 0.3) is 11.0 Å². The van der Waals surface area contributed by atoms with Crippen LogP contribution >= 0.6 is 0 Å². The summed E-state index contributed by atoms with van der Waals surface area (Å²) < 4.78 is 16.4. The van der Waals surface area contributed by atoms with Gasteiger partial charge in [0.15, 0.2) is 17.9 Å². The summed E-state index contributed by atoms with van der Waals surface area (Å²) in [5.74, 6) is -16.8. The maximum atomic E-state index is 15.1. The summed E-state index contributed by atoms with van der Waals surface area (Å²) in [6.07, 6.45) is -4.86. The van der Waals surface area contributed by atoms with Crippen LogP contribution in [-0.2, 0) is 84.9 Å². The van der Waals surface area contributed by atoms with Gasteiger partial charge >= 0.3 is 17.6 Å². The molecule has 4 aromatic rings. The number of methoxy groups -OCH3 is 1. The Morgan fingerprint density at radius 2 is 1.06 bits per heavy atom. The number of hydrogen-bond acceptors (Lipinski definition) is 26. The van der Waals surface area contributed by atoms with Crippen LogP contribution in [0.1, 0.15) is 127 Å². The molecule has 12 amide bonds. The van der Waals surface area contributed by atoms with Gasteiger partial charge in [-0.25, -0.2) is 4.79 Å². The van der Waals surface area contributed by atoms with E-state index in [4.69, 9.17) is 58.8 Å². The second-order valence-corrected chi connectivity index (χ2v) is 28.4. The number of fused-ring (bicyclic) bond motifs is 1. The first-order chi connectivity index (χ1) is 58.3. The summed E-state index contributed by atoms with van der Waals surface area (Å²) >= 11 is 0. The van der Waals surface area contributed by atoms with E-state index >= 15 is 4.79 Å². The Hall–Kier alpha value is -14.4. The molecule has 1 saturated heterocycles. The molecule has 1 fully saturated rings. The Morgan fingerprint density at radius 3 is 1.58 bits per heavy atom. The summed E-state index contributed by atoms with van der Waals surface area (Å²) in [6, 6.07) is 0.127. The number of benzene rings is 3. The number of carboxylic acid groups (broad SMARTS) is 2. The van der Waals surface area contributed by atoms with Crippen LogP contribution in [0, 0.1) is 36.5 Å². The summed E-state index contributed by atoms with van der Waals surface area (Å²) in [5.41, 5.74) is 25.6. The number of carbonyl (C=O) groups is 14. The van der Waals surface area contributed by atoms with Crippen molar-refractivity contribution in [1.82, 2.24) is 68.7 Å². The monoisotopic (exact) mass is 1730 g/mol. The number of hydrogen-bond donors (Lipinski definition) is 23. The number of amides is 12. The van der Waals surface area contributed by atoms with Gasteiger partial charge in [-0.1, -0.05) is 30.3 Å². The number of unbranched alkanes of at least 4 members (excludes halogenated alkanes) is 1. The number of primary amides is 2. The zero-order valence-electron chi connectivity index (χ0n) is 67.5. The van der Waals surface area contributed by atoms with E-state index in [1.165, 1.54) is 13.2 Å². The summed E-state index contributed by atoms with van der Waals surface area (Å²) in [4.78, 5) is 230. The number of carbonyl (C=O) groups excluding carboxylic acids is 12. The standard InChI is InChI=1S/C75H106N24O24/c1-40(64(108)91-49(16-9-30-85-74(80)81)65(109)93-51(24-27-60(102)103)67(111)90-47(63(77)107)15-8-29-84-73(78)79)88-70(114)54(38-87-46-22-19-43(98(117)118)36-56(46)99(119)120)96-66(110)48(14-6-7-33-122-39-41-12-4-3-5-13-41)92-69(113)52(25-28-61(104)105)94-68(112)50(23-26-58(76)100)95-71(115)55-18-11-32-97(55)72(116)53(17-10-31-86-75(82)83)89-59(101)34-42-35-62(106)123-57-37-44(121-2)20-21-45(42)57/h3-5,12-13,19-22,35-37,40,47-55,87H,6-11,14-18,23-34,38-39H2,1-2H3,(H2,76,100)(H2,77,107)(H,88,114)(H,89,101)(H,90,111)(H,91,108)(H,92,113)(H,93,109)(H,94,112)(H,95,115)(H,96,110)(H,102,103)(H,104,105)(H4,78,79,84)(H4,80,81,85)(H4,82,83,86)/t40-,47+,48-,49+,50-,51+,52-,53+,54-,55-/m0/s1. The van der Waals surface area contributed by atoms with E-state index in [1.54, 1.807) is 42.5 Å². The molecule has 0 saturated carbocycles. The van der Waals surface area contributed by atoms with Crippen LogP contribution in [0.4, 0.5) is 17.1 Å². The quantitative estimate of drug-likeness (QED) is 0.00505. The van der Waals surface area contributed by atoms with Gasteiger partial charge in [0.05, 0.1) is 36.1 Å². The number of non-ortho nitro benzene ring substituents is 1. The molecule has 1 aromatic heterocycles. The van der Waals surface area contributed by atoms with E-state index in [1.807, 2.05) is 0 Å². The largest absolute Gasteiger partial charge is 0.497 e. The molecule has 123 heavy (non-hydrogen) atoms. The lowest BCUT2D eigenvalue weighted by molar-refractivity contribution is -0.393. The highest BCUT2D eigenvalue weighted by Gasteiger charge is 2.41. The van der Waals surface area contributed by atoms with Crippen LogP contribution in [0.5, 0.6) is 5.75 Å². The first-order valence-corrected chi connectivity index (χ1v) is 39.0. The number of nitrogens with zero attached hydrogens (tertiary/aromatic N) is 3. The molecule has 1 aliphatic heterocycles. The number of nitro benzene ring substituents is 2. The second-order valence-electron chi connectivity index (χ2n) is 28.4. The fourth-order valence-electron chi connectivity index (χ4n) is 12.7. The molecule has 0 aliphatic carbocycles. The third-order valence-electron chi connectivity index (χ3n) is 19.0. The Balaban J connectivity index is 1.47. The number of likely N-dealkylation sites (tertiary alicyclic amines) is 1. The van der Waals surface area contributed by atoms with E-state index < -0.39 is 245 Å². The van der Waals surface area contributed by atoms with Crippen LogP contribution in [0.15, 0.2) is 82.0 Å². The van der Waals surface area contributed by atoms with Crippen molar-refractivity contribution in [2.75, 3.05) is 51.8 Å². The fourth-order valence-corrected chi connectivity index (χ4v) is 12.7. The Morgan fingerprint density at radius 1 is 0.561 bits per heavy atom. The van der Waals surface area contributed by atoms with Gasteiger partial charge in [0, 0.05) is 82.2 Å². The van der Waals surface area contributed by atoms with Crippen LogP contribution in [-0.4, -0.2) is 233 Å². The summed E-state index contributed by atoms with van der Waals surface area (Å²) in [6.45, 7) is 0.360. The van der Waals surface area contributed by atoms with Crippen molar-refractivity contribution in [1.29, 1.82) is 16.2 Å². The van der Waals surface area contributed by atoms with Crippen molar-refractivity contribution < 1.29 is 101 Å². The topological polar surface area (TPSA) is 776 Å².